The van der Waals surface area contributed by atoms with Crippen LogP contribution >= 0.6 is 0 Å². The second-order valence-corrected chi connectivity index (χ2v) is 4.61. The Morgan fingerprint density at radius 3 is 2.47 bits per heavy atom. The highest BCUT2D eigenvalue weighted by Crippen LogP contribution is 2.20. The van der Waals surface area contributed by atoms with Crippen molar-refractivity contribution in [1.29, 1.82) is 0 Å². The second kappa shape index (κ2) is 4.89. The highest BCUT2D eigenvalue weighted by Gasteiger charge is 2.36. The molecule has 1 aromatic rings. The lowest BCUT2D eigenvalue weighted by atomic mass is 9.92. The standard InChI is InChI=1S/C12H17N3O2/c1-12(2,15-3-5-17-6-4-15)11(16)10-7-13-9-14-8-10/h7-9H,3-6H2,1-2H3. The van der Waals surface area contributed by atoms with Crippen molar-refractivity contribution in [2.75, 3.05) is 26.3 Å². The van der Waals surface area contributed by atoms with Crippen molar-refractivity contribution in [3.63, 3.8) is 0 Å². The molecule has 5 nitrogen and oxygen atoms in total. The van der Waals surface area contributed by atoms with Gasteiger partial charge in [-0.3, -0.25) is 9.69 Å². The summed E-state index contributed by atoms with van der Waals surface area (Å²) in [5.74, 6) is 0.0556. The lowest BCUT2D eigenvalue weighted by Gasteiger charge is -2.39. The number of rotatable bonds is 3. The van der Waals surface area contributed by atoms with Crippen LogP contribution in [-0.2, 0) is 4.74 Å². The van der Waals surface area contributed by atoms with E-state index in [0.717, 1.165) is 13.1 Å². The fourth-order valence-electron chi connectivity index (χ4n) is 2.04. The second-order valence-electron chi connectivity index (χ2n) is 4.61. The van der Waals surface area contributed by atoms with Gasteiger partial charge in [-0.15, -0.1) is 0 Å². The van der Waals surface area contributed by atoms with Gasteiger partial charge in [0.2, 0.25) is 0 Å². The summed E-state index contributed by atoms with van der Waals surface area (Å²) in [6, 6.07) is 0. The fraction of sp³-hybridized carbons (Fsp3) is 0.583. The number of carbonyl (C=O) groups is 1. The quantitative estimate of drug-likeness (QED) is 0.724. The van der Waals surface area contributed by atoms with E-state index in [1.165, 1.54) is 6.33 Å². The summed E-state index contributed by atoms with van der Waals surface area (Å²) in [5, 5.41) is 0. The Morgan fingerprint density at radius 2 is 1.88 bits per heavy atom. The Morgan fingerprint density at radius 1 is 1.29 bits per heavy atom. The molecule has 1 fully saturated rings. The van der Waals surface area contributed by atoms with Crippen molar-refractivity contribution in [1.82, 2.24) is 14.9 Å². The lowest BCUT2D eigenvalue weighted by Crippen LogP contribution is -2.54. The monoisotopic (exact) mass is 235 g/mol. The number of aromatic nitrogens is 2. The van der Waals surface area contributed by atoms with Crippen molar-refractivity contribution in [2.24, 2.45) is 0 Å². The number of morpholine rings is 1. The van der Waals surface area contributed by atoms with Gasteiger partial charge in [0.1, 0.15) is 6.33 Å². The number of ketones is 1. The molecule has 0 spiro atoms. The Bertz CT molecular complexity index is 386. The molecule has 0 N–H and O–H groups in total. The van der Waals surface area contributed by atoms with Gasteiger partial charge in [0, 0.05) is 25.5 Å². The predicted molar refractivity (Wildman–Crippen MR) is 62.8 cm³/mol. The molecular formula is C12H17N3O2. The van der Waals surface area contributed by atoms with Crippen LogP contribution < -0.4 is 0 Å². The zero-order valence-electron chi connectivity index (χ0n) is 10.2. The minimum absolute atomic E-state index is 0.0556. The average molecular weight is 235 g/mol. The zero-order chi connectivity index (χ0) is 12.3. The largest absolute Gasteiger partial charge is 0.379 e. The van der Waals surface area contributed by atoms with Crippen LogP contribution in [0.15, 0.2) is 18.7 Å². The molecule has 92 valence electrons. The van der Waals surface area contributed by atoms with Crippen LogP contribution in [0.3, 0.4) is 0 Å². The van der Waals surface area contributed by atoms with Gasteiger partial charge in [-0.2, -0.15) is 0 Å². The van der Waals surface area contributed by atoms with E-state index in [-0.39, 0.29) is 5.78 Å². The van der Waals surface area contributed by atoms with Gasteiger partial charge >= 0.3 is 0 Å². The molecular weight excluding hydrogens is 218 g/mol. The Hall–Kier alpha value is -1.33. The van der Waals surface area contributed by atoms with Crippen LogP contribution in [0.5, 0.6) is 0 Å². The van der Waals surface area contributed by atoms with E-state index in [2.05, 4.69) is 14.9 Å². The smallest absolute Gasteiger partial charge is 0.185 e. The normalized spacial score (nSPS) is 18.0. The van der Waals surface area contributed by atoms with Gasteiger partial charge in [-0.05, 0) is 13.8 Å². The minimum Gasteiger partial charge on any atom is -0.379 e. The van der Waals surface area contributed by atoms with E-state index in [9.17, 15) is 4.79 Å². The van der Waals surface area contributed by atoms with Crippen molar-refractivity contribution in [2.45, 2.75) is 19.4 Å². The maximum Gasteiger partial charge on any atom is 0.185 e. The van der Waals surface area contributed by atoms with Crippen LogP contribution in [0.2, 0.25) is 0 Å². The van der Waals surface area contributed by atoms with Crippen LogP contribution in [0.1, 0.15) is 24.2 Å². The first-order valence-electron chi connectivity index (χ1n) is 5.75. The molecule has 0 unspecified atom stereocenters. The maximum atomic E-state index is 12.4. The van der Waals surface area contributed by atoms with Gasteiger partial charge in [0.25, 0.3) is 0 Å². The number of carbonyl (C=O) groups excluding carboxylic acids is 1. The molecule has 1 aliphatic rings. The summed E-state index contributed by atoms with van der Waals surface area (Å²) in [6.45, 7) is 6.81. The summed E-state index contributed by atoms with van der Waals surface area (Å²) in [7, 11) is 0. The first-order valence-corrected chi connectivity index (χ1v) is 5.75. The third-order valence-electron chi connectivity index (χ3n) is 3.18. The fourth-order valence-corrected chi connectivity index (χ4v) is 2.04. The van der Waals surface area contributed by atoms with Crippen molar-refractivity contribution in [3.05, 3.63) is 24.3 Å². The number of hydrogen-bond acceptors (Lipinski definition) is 5. The van der Waals surface area contributed by atoms with Gasteiger partial charge in [-0.25, -0.2) is 9.97 Å². The zero-order valence-corrected chi connectivity index (χ0v) is 10.2. The molecule has 0 radical (unpaired) electrons. The van der Waals surface area contributed by atoms with Crippen LogP contribution in [0.4, 0.5) is 0 Å². The number of ether oxygens (including phenoxy) is 1. The molecule has 1 aromatic heterocycles. The highest BCUT2D eigenvalue weighted by molar-refractivity contribution is 6.02. The lowest BCUT2D eigenvalue weighted by molar-refractivity contribution is -0.00432. The highest BCUT2D eigenvalue weighted by atomic mass is 16.5. The number of Topliss-reactive ketones (excluding diaryl/α,β-unsaturated/α-hetero) is 1. The summed E-state index contributed by atoms with van der Waals surface area (Å²) < 4.78 is 5.30. The van der Waals surface area contributed by atoms with E-state index >= 15 is 0 Å². The van der Waals surface area contributed by atoms with E-state index in [4.69, 9.17) is 4.74 Å². The molecule has 0 aliphatic carbocycles. The van der Waals surface area contributed by atoms with Gasteiger partial charge in [0.15, 0.2) is 5.78 Å². The molecule has 17 heavy (non-hydrogen) atoms. The first kappa shape index (κ1) is 12.1. The third-order valence-corrected chi connectivity index (χ3v) is 3.18. The van der Waals surface area contributed by atoms with Gasteiger partial charge < -0.3 is 4.74 Å². The molecule has 0 bridgehead atoms. The molecule has 0 aromatic carbocycles. The van der Waals surface area contributed by atoms with Crippen LogP contribution in [0, 0.1) is 0 Å². The van der Waals surface area contributed by atoms with E-state index < -0.39 is 5.54 Å². The van der Waals surface area contributed by atoms with Crippen molar-refractivity contribution >= 4 is 5.78 Å². The molecule has 0 saturated carbocycles. The van der Waals surface area contributed by atoms with Crippen LogP contribution in [-0.4, -0.2) is 52.5 Å². The van der Waals surface area contributed by atoms with Crippen molar-refractivity contribution < 1.29 is 9.53 Å². The third kappa shape index (κ3) is 2.50. The molecule has 2 heterocycles. The summed E-state index contributed by atoms with van der Waals surface area (Å²) in [5.41, 5.74) is 0.0260. The van der Waals surface area contributed by atoms with Crippen molar-refractivity contribution in [3.8, 4) is 0 Å². The molecule has 1 aliphatic heterocycles. The summed E-state index contributed by atoms with van der Waals surface area (Å²) in [4.78, 5) is 22.3. The predicted octanol–water partition coefficient (Wildman–Crippen LogP) is 0.770. The van der Waals surface area contributed by atoms with Gasteiger partial charge in [-0.1, -0.05) is 0 Å². The Kier molecular flexibility index (Phi) is 3.49. The Balaban J connectivity index is 2.17. The number of hydrogen-bond donors (Lipinski definition) is 0. The molecule has 1 saturated heterocycles. The molecule has 2 rings (SSSR count). The Labute approximate surface area is 101 Å². The SMILES string of the molecule is CC(C)(C(=O)c1cncnc1)N1CCOCC1. The van der Waals surface area contributed by atoms with E-state index in [1.54, 1.807) is 12.4 Å². The minimum atomic E-state index is -0.533. The molecule has 5 heteroatoms. The van der Waals surface area contributed by atoms with E-state index in [0.29, 0.717) is 18.8 Å². The summed E-state index contributed by atoms with van der Waals surface area (Å²) in [6.07, 6.45) is 4.56. The molecule has 0 amide bonds. The molecule has 0 atom stereocenters. The topological polar surface area (TPSA) is 55.3 Å². The van der Waals surface area contributed by atoms with E-state index in [1.807, 2.05) is 13.8 Å². The van der Waals surface area contributed by atoms with Crippen LogP contribution in [0.25, 0.3) is 0 Å². The average Bonchev–Trinajstić information content (AvgIpc) is 2.40. The number of nitrogens with zero attached hydrogens (tertiary/aromatic N) is 3. The first-order chi connectivity index (χ1) is 8.12. The summed E-state index contributed by atoms with van der Waals surface area (Å²) >= 11 is 0. The maximum absolute atomic E-state index is 12.4. The van der Waals surface area contributed by atoms with Gasteiger partial charge in [0.05, 0.1) is 24.3 Å².